The number of halogens is 1. The van der Waals surface area contributed by atoms with Crippen molar-refractivity contribution < 1.29 is 4.79 Å². The molecule has 0 bridgehead atoms. The number of thiophene rings is 1. The Balaban J connectivity index is 1.75. The van der Waals surface area contributed by atoms with E-state index in [9.17, 15) is 4.79 Å². The van der Waals surface area contributed by atoms with Gasteiger partial charge < -0.3 is 5.32 Å². The Morgan fingerprint density at radius 2 is 2.15 bits per heavy atom. The van der Waals surface area contributed by atoms with Gasteiger partial charge in [0.05, 0.1) is 21.0 Å². The number of anilines is 1. The first kappa shape index (κ1) is 13.5. The number of thiazole rings is 1. The van der Waals surface area contributed by atoms with Gasteiger partial charge in [0.25, 0.3) is 0 Å². The van der Waals surface area contributed by atoms with E-state index in [1.807, 2.05) is 31.2 Å². The Morgan fingerprint density at radius 3 is 2.85 bits per heavy atom. The van der Waals surface area contributed by atoms with Crippen molar-refractivity contribution in [2.75, 3.05) is 5.32 Å². The summed E-state index contributed by atoms with van der Waals surface area (Å²) < 4.78 is 1.78. The number of nitrogens with zero attached hydrogens (tertiary/aromatic N) is 1. The summed E-state index contributed by atoms with van der Waals surface area (Å²) in [6.45, 7) is 2.02. The van der Waals surface area contributed by atoms with Crippen molar-refractivity contribution in [3.05, 3.63) is 45.1 Å². The number of fused-ring (bicyclic) bond motifs is 1. The van der Waals surface area contributed by atoms with E-state index in [0.717, 1.165) is 20.7 Å². The number of carbonyl (C=O) groups excluding carboxylic acids is 1. The highest BCUT2D eigenvalue weighted by atomic mass is 35.5. The summed E-state index contributed by atoms with van der Waals surface area (Å²) in [5.41, 5.74) is 2.07. The summed E-state index contributed by atoms with van der Waals surface area (Å²) in [7, 11) is 0. The van der Waals surface area contributed by atoms with Gasteiger partial charge in [-0.1, -0.05) is 35.1 Å². The molecule has 3 rings (SSSR count). The van der Waals surface area contributed by atoms with Crippen molar-refractivity contribution in [1.82, 2.24) is 4.98 Å². The maximum absolute atomic E-state index is 12.0. The van der Waals surface area contributed by atoms with Gasteiger partial charge in [0.1, 0.15) is 0 Å². The number of hydrogen-bond acceptors (Lipinski definition) is 4. The number of aromatic nitrogens is 1. The smallest absolute Gasteiger partial charge is 0.231 e. The van der Waals surface area contributed by atoms with Gasteiger partial charge in [-0.25, -0.2) is 4.98 Å². The minimum Gasteiger partial charge on any atom is -0.302 e. The largest absolute Gasteiger partial charge is 0.302 e. The topological polar surface area (TPSA) is 42.0 Å². The van der Waals surface area contributed by atoms with Crippen LogP contribution in [0.4, 0.5) is 5.13 Å². The van der Waals surface area contributed by atoms with E-state index < -0.39 is 0 Å². The molecule has 2 aromatic heterocycles. The number of hydrogen-bond donors (Lipinski definition) is 1. The average molecular weight is 323 g/mol. The molecule has 20 heavy (non-hydrogen) atoms. The molecule has 0 spiro atoms. The van der Waals surface area contributed by atoms with Gasteiger partial charge in [-0.2, -0.15) is 0 Å². The fraction of sp³-hybridized carbons (Fsp3) is 0.143. The Hall–Kier alpha value is -1.43. The van der Waals surface area contributed by atoms with Gasteiger partial charge in [-0.05, 0) is 30.7 Å². The molecule has 0 aliphatic carbocycles. The first-order valence-electron chi connectivity index (χ1n) is 6.02. The Kier molecular flexibility index (Phi) is 3.74. The van der Waals surface area contributed by atoms with Crippen LogP contribution in [-0.2, 0) is 11.2 Å². The number of aryl methyl sites for hydroxylation is 1. The van der Waals surface area contributed by atoms with Crippen molar-refractivity contribution in [1.29, 1.82) is 0 Å². The lowest BCUT2D eigenvalue weighted by molar-refractivity contribution is -0.115. The molecule has 0 saturated carbocycles. The van der Waals surface area contributed by atoms with Crippen LogP contribution in [0.2, 0.25) is 4.34 Å². The second-order valence-electron chi connectivity index (χ2n) is 4.37. The molecule has 2 heterocycles. The lowest BCUT2D eigenvalue weighted by Crippen LogP contribution is -2.13. The Morgan fingerprint density at radius 1 is 1.30 bits per heavy atom. The van der Waals surface area contributed by atoms with E-state index in [2.05, 4.69) is 10.3 Å². The summed E-state index contributed by atoms with van der Waals surface area (Å²) >= 11 is 8.76. The molecule has 3 nitrogen and oxygen atoms in total. The predicted molar refractivity (Wildman–Crippen MR) is 86.0 cm³/mol. The van der Waals surface area contributed by atoms with E-state index in [1.54, 1.807) is 6.07 Å². The molecule has 0 aliphatic heterocycles. The van der Waals surface area contributed by atoms with E-state index in [-0.39, 0.29) is 5.91 Å². The highest BCUT2D eigenvalue weighted by Crippen LogP contribution is 2.28. The van der Waals surface area contributed by atoms with Crippen molar-refractivity contribution in [2.45, 2.75) is 13.3 Å². The molecule has 1 amide bonds. The van der Waals surface area contributed by atoms with Crippen LogP contribution in [0, 0.1) is 6.92 Å². The molecular formula is C14H11ClN2OS2. The third-order valence-corrected chi connectivity index (χ3v) is 5.00. The van der Waals surface area contributed by atoms with Crippen LogP contribution < -0.4 is 5.32 Å². The van der Waals surface area contributed by atoms with E-state index in [0.29, 0.717) is 15.9 Å². The zero-order valence-corrected chi connectivity index (χ0v) is 13.0. The number of nitrogens with one attached hydrogen (secondary N) is 1. The number of rotatable bonds is 3. The van der Waals surface area contributed by atoms with Gasteiger partial charge in [-0.15, -0.1) is 11.3 Å². The van der Waals surface area contributed by atoms with Crippen molar-refractivity contribution in [2.24, 2.45) is 0 Å². The summed E-state index contributed by atoms with van der Waals surface area (Å²) in [6, 6.07) is 9.69. The zero-order chi connectivity index (χ0) is 14.1. The van der Waals surface area contributed by atoms with Crippen LogP contribution in [-0.4, -0.2) is 10.9 Å². The first-order chi connectivity index (χ1) is 9.61. The second kappa shape index (κ2) is 5.52. The van der Waals surface area contributed by atoms with Gasteiger partial charge >= 0.3 is 0 Å². The highest BCUT2D eigenvalue weighted by molar-refractivity contribution is 7.22. The lowest BCUT2D eigenvalue weighted by atomic mass is 10.2. The van der Waals surface area contributed by atoms with E-state index in [1.165, 1.54) is 22.7 Å². The maximum atomic E-state index is 12.0. The molecule has 6 heteroatoms. The molecular weight excluding hydrogens is 312 g/mol. The minimum absolute atomic E-state index is 0.0692. The van der Waals surface area contributed by atoms with Crippen molar-refractivity contribution in [3.8, 4) is 0 Å². The Bertz CT molecular complexity index is 778. The normalized spacial score (nSPS) is 10.9. The summed E-state index contributed by atoms with van der Waals surface area (Å²) in [6.07, 6.45) is 0.326. The standard InChI is InChI=1S/C14H11ClN2OS2/c1-8-3-2-4-10-13(8)17-14(20-10)16-12(18)7-9-5-6-11(15)19-9/h2-6H,7H2,1H3,(H,16,17,18). The number of carbonyl (C=O) groups is 1. The fourth-order valence-corrected chi connectivity index (χ4v) is 3.95. The number of benzene rings is 1. The van der Waals surface area contributed by atoms with E-state index in [4.69, 9.17) is 11.6 Å². The van der Waals surface area contributed by atoms with Gasteiger partial charge in [0.2, 0.25) is 5.91 Å². The third-order valence-electron chi connectivity index (χ3n) is 2.83. The molecule has 0 radical (unpaired) electrons. The first-order valence-corrected chi connectivity index (χ1v) is 8.03. The fourth-order valence-electron chi connectivity index (χ4n) is 1.91. The highest BCUT2D eigenvalue weighted by Gasteiger charge is 2.10. The van der Waals surface area contributed by atoms with Gasteiger partial charge in [0, 0.05) is 4.88 Å². The monoisotopic (exact) mass is 322 g/mol. The second-order valence-corrected chi connectivity index (χ2v) is 7.20. The minimum atomic E-state index is -0.0692. The van der Waals surface area contributed by atoms with Crippen LogP contribution >= 0.6 is 34.3 Å². The third kappa shape index (κ3) is 2.85. The molecule has 0 unspecified atom stereocenters. The number of para-hydroxylation sites is 1. The van der Waals surface area contributed by atoms with Crippen LogP contribution in [0.5, 0.6) is 0 Å². The van der Waals surface area contributed by atoms with Gasteiger partial charge in [-0.3, -0.25) is 4.79 Å². The van der Waals surface area contributed by atoms with Crippen LogP contribution in [0.3, 0.4) is 0 Å². The molecule has 1 N–H and O–H groups in total. The Labute approximate surface area is 129 Å². The quantitative estimate of drug-likeness (QED) is 0.771. The SMILES string of the molecule is Cc1cccc2sc(NC(=O)Cc3ccc(Cl)s3)nc12. The molecule has 0 aliphatic rings. The van der Waals surface area contributed by atoms with Crippen LogP contribution in [0.15, 0.2) is 30.3 Å². The van der Waals surface area contributed by atoms with Gasteiger partial charge in [0.15, 0.2) is 5.13 Å². The van der Waals surface area contributed by atoms with Crippen LogP contribution in [0.25, 0.3) is 10.2 Å². The number of amides is 1. The zero-order valence-electron chi connectivity index (χ0n) is 10.6. The molecule has 3 aromatic rings. The average Bonchev–Trinajstić information content (AvgIpc) is 2.96. The summed E-state index contributed by atoms with van der Waals surface area (Å²) in [4.78, 5) is 17.4. The molecule has 0 atom stereocenters. The predicted octanol–water partition coefficient (Wildman–Crippen LogP) is 4.50. The lowest BCUT2D eigenvalue weighted by Gasteiger charge is -1.98. The molecule has 0 saturated heterocycles. The maximum Gasteiger partial charge on any atom is 0.231 e. The van der Waals surface area contributed by atoms with Crippen LogP contribution in [0.1, 0.15) is 10.4 Å². The molecule has 102 valence electrons. The molecule has 0 fully saturated rings. The summed E-state index contributed by atoms with van der Waals surface area (Å²) in [5.74, 6) is -0.0692. The van der Waals surface area contributed by atoms with Crippen molar-refractivity contribution in [3.63, 3.8) is 0 Å². The summed E-state index contributed by atoms with van der Waals surface area (Å²) in [5, 5.41) is 3.49. The molecule has 1 aromatic carbocycles. The van der Waals surface area contributed by atoms with E-state index >= 15 is 0 Å². The van der Waals surface area contributed by atoms with Crippen molar-refractivity contribution >= 4 is 55.5 Å².